The number of carbonyl (C=O) groups is 1. The molecule has 4 heteroatoms. The fourth-order valence-electron chi connectivity index (χ4n) is 1.87. The molecule has 4 nitrogen and oxygen atoms in total. The lowest BCUT2D eigenvalue weighted by Gasteiger charge is -2.23. The highest BCUT2D eigenvalue weighted by molar-refractivity contribution is 5.95. The SMILES string of the molecule is COc1cc(N)cc(C(=O)N2CC=CCC2)c1. The molecule has 0 saturated heterocycles. The van der Waals surface area contributed by atoms with Gasteiger partial charge in [0.2, 0.25) is 0 Å². The highest BCUT2D eigenvalue weighted by atomic mass is 16.5. The Morgan fingerprint density at radius 3 is 2.82 bits per heavy atom. The van der Waals surface area contributed by atoms with E-state index in [1.54, 1.807) is 30.2 Å². The third kappa shape index (κ3) is 2.58. The zero-order chi connectivity index (χ0) is 12.3. The fourth-order valence-corrected chi connectivity index (χ4v) is 1.87. The van der Waals surface area contributed by atoms with E-state index in [0.29, 0.717) is 23.5 Å². The summed E-state index contributed by atoms with van der Waals surface area (Å²) in [5.41, 5.74) is 6.86. The van der Waals surface area contributed by atoms with Gasteiger partial charge in [-0.25, -0.2) is 0 Å². The second-order valence-electron chi connectivity index (χ2n) is 4.01. The Morgan fingerprint density at radius 1 is 1.35 bits per heavy atom. The number of nitrogens with zero attached hydrogens (tertiary/aromatic N) is 1. The van der Waals surface area contributed by atoms with E-state index < -0.39 is 0 Å². The zero-order valence-electron chi connectivity index (χ0n) is 9.85. The van der Waals surface area contributed by atoms with Crippen LogP contribution in [0.5, 0.6) is 5.75 Å². The van der Waals surface area contributed by atoms with Gasteiger partial charge in [0, 0.05) is 30.4 Å². The number of amides is 1. The highest BCUT2D eigenvalue weighted by Gasteiger charge is 2.16. The number of anilines is 1. The molecule has 1 aromatic rings. The summed E-state index contributed by atoms with van der Waals surface area (Å²) >= 11 is 0. The summed E-state index contributed by atoms with van der Waals surface area (Å²) in [4.78, 5) is 14.0. The van der Waals surface area contributed by atoms with Crippen molar-refractivity contribution in [3.63, 3.8) is 0 Å². The Hall–Kier alpha value is -1.97. The molecule has 1 amide bonds. The topological polar surface area (TPSA) is 55.6 Å². The lowest BCUT2D eigenvalue weighted by molar-refractivity contribution is 0.0770. The van der Waals surface area contributed by atoms with Crippen LogP contribution in [-0.2, 0) is 0 Å². The summed E-state index contributed by atoms with van der Waals surface area (Å²) in [6.45, 7) is 1.42. The predicted molar refractivity (Wildman–Crippen MR) is 67.1 cm³/mol. The summed E-state index contributed by atoms with van der Waals surface area (Å²) < 4.78 is 5.11. The Bertz CT molecular complexity index is 455. The third-order valence-corrected chi connectivity index (χ3v) is 2.76. The third-order valence-electron chi connectivity index (χ3n) is 2.76. The number of carbonyl (C=O) groups excluding carboxylic acids is 1. The van der Waals surface area contributed by atoms with Crippen molar-refractivity contribution in [2.75, 3.05) is 25.9 Å². The smallest absolute Gasteiger partial charge is 0.254 e. The van der Waals surface area contributed by atoms with Gasteiger partial charge in [0.15, 0.2) is 0 Å². The van der Waals surface area contributed by atoms with Crippen molar-refractivity contribution in [1.82, 2.24) is 4.90 Å². The molecular formula is C13H16N2O2. The van der Waals surface area contributed by atoms with Crippen molar-refractivity contribution in [1.29, 1.82) is 0 Å². The maximum atomic E-state index is 12.2. The molecule has 0 bridgehead atoms. The van der Waals surface area contributed by atoms with Gasteiger partial charge in [-0.1, -0.05) is 12.2 Å². The fraction of sp³-hybridized carbons (Fsp3) is 0.308. The van der Waals surface area contributed by atoms with Crippen LogP contribution in [-0.4, -0.2) is 31.0 Å². The predicted octanol–water partition coefficient (Wildman–Crippen LogP) is 1.68. The van der Waals surface area contributed by atoms with Gasteiger partial charge >= 0.3 is 0 Å². The highest BCUT2D eigenvalue weighted by Crippen LogP contribution is 2.20. The lowest BCUT2D eigenvalue weighted by atomic mass is 10.1. The number of nitrogens with two attached hydrogens (primary N) is 1. The summed E-state index contributed by atoms with van der Waals surface area (Å²) in [7, 11) is 1.56. The molecule has 0 saturated carbocycles. The number of hydrogen-bond donors (Lipinski definition) is 1. The molecular weight excluding hydrogens is 216 g/mol. The number of benzene rings is 1. The van der Waals surface area contributed by atoms with Gasteiger partial charge in [0.05, 0.1) is 7.11 Å². The first-order valence-corrected chi connectivity index (χ1v) is 5.59. The van der Waals surface area contributed by atoms with Crippen LogP contribution in [0.1, 0.15) is 16.8 Å². The minimum absolute atomic E-state index is 0.0000463. The average Bonchev–Trinajstić information content (AvgIpc) is 2.38. The quantitative estimate of drug-likeness (QED) is 0.623. The number of hydrogen-bond acceptors (Lipinski definition) is 3. The maximum absolute atomic E-state index is 12.2. The molecule has 0 spiro atoms. The number of methoxy groups -OCH3 is 1. The monoisotopic (exact) mass is 232 g/mol. The van der Waals surface area contributed by atoms with E-state index in [2.05, 4.69) is 6.08 Å². The molecule has 90 valence electrons. The molecule has 0 aliphatic carbocycles. The average molecular weight is 232 g/mol. The molecule has 17 heavy (non-hydrogen) atoms. The number of rotatable bonds is 2. The van der Waals surface area contributed by atoms with Crippen LogP contribution in [0.2, 0.25) is 0 Å². The van der Waals surface area contributed by atoms with Gasteiger partial charge in [-0.05, 0) is 18.6 Å². The standard InChI is InChI=1S/C13H16N2O2/c1-17-12-8-10(7-11(14)9-12)13(16)15-5-3-2-4-6-15/h2-3,7-9H,4-6,14H2,1H3. The number of ether oxygens (including phenoxy) is 1. The van der Waals surface area contributed by atoms with Gasteiger partial charge < -0.3 is 15.4 Å². The van der Waals surface area contributed by atoms with Gasteiger partial charge in [-0.15, -0.1) is 0 Å². The van der Waals surface area contributed by atoms with Gasteiger partial charge in [0.25, 0.3) is 5.91 Å². The van der Waals surface area contributed by atoms with E-state index in [1.165, 1.54) is 0 Å². The summed E-state index contributed by atoms with van der Waals surface area (Å²) in [5.74, 6) is 0.612. The normalized spacial score (nSPS) is 14.8. The van der Waals surface area contributed by atoms with E-state index in [-0.39, 0.29) is 5.91 Å². The first kappa shape index (κ1) is 11.5. The first-order valence-electron chi connectivity index (χ1n) is 5.59. The van der Waals surface area contributed by atoms with Gasteiger partial charge in [0.1, 0.15) is 5.75 Å². The molecule has 0 atom stereocenters. The van der Waals surface area contributed by atoms with Crippen molar-refractivity contribution in [2.45, 2.75) is 6.42 Å². The molecule has 2 N–H and O–H groups in total. The molecule has 1 aliphatic heterocycles. The van der Waals surface area contributed by atoms with Crippen LogP contribution in [0.15, 0.2) is 30.4 Å². The molecule has 2 rings (SSSR count). The van der Waals surface area contributed by atoms with Crippen LogP contribution in [0.3, 0.4) is 0 Å². The molecule has 1 heterocycles. The van der Waals surface area contributed by atoms with Crippen molar-refractivity contribution >= 4 is 11.6 Å². The van der Waals surface area contributed by atoms with Gasteiger partial charge in [-0.3, -0.25) is 4.79 Å². The number of nitrogen functional groups attached to an aromatic ring is 1. The van der Waals surface area contributed by atoms with E-state index in [9.17, 15) is 4.79 Å². The van der Waals surface area contributed by atoms with Crippen molar-refractivity contribution in [3.8, 4) is 5.75 Å². The summed E-state index contributed by atoms with van der Waals surface area (Å²) in [6, 6.07) is 5.10. The minimum Gasteiger partial charge on any atom is -0.497 e. The van der Waals surface area contributed by atoms with E-state index >= 15 is 0 Å². The molecule has 0 aromatic heterocycles. The Kier molecular flexibility index (Phi) is 3.32. The molecule has 0 fully saturated rings. The van der Waals surface area contributed by atoms with E-state index in [4.69, 9.17) is 10.5 Å². The van der Waals surface area contributed by atoms with E-state index in [1.807, 2.05) is 6.08 Å². The molecule has 0 radical (unpaired) electrons. The molecule has 1 aliphatic rings. The second-order valence-corrected chi connectivity index (χ2v) is 4.01. The van der Waals surface area contributed by atoms with Crippen molar-refractivity contribution in [2.24, 2.45) is 0 Å². The lowest BCUT2D eigenvalue weighted by Crippen LogP contribution is -2.33. The zero-order valence-corrected chi connectivity index (χ0v) is 9.85. The summed E-state index contributed by atoms with van der Waals surface area (Å²) in [5, 5.41) is 0. The van der Waals surface area contributed by atoms with Crippen LogP contribution in [0, 0.1) is 0 Å². The minimum atomic E-state index is -0.0000463. The summed E-state index contributed by atoms with van der Waals surface area (Å²) in [6.07, 6.45) is 5.00. The Balaban J connectivity index is 2.23. The van der Waals surface area contributed by atoms with Crippen LogP contribution < -0.4 is 10.5 Å². The van der Waals surface area contributed by atoms with Gasteiger partial charge in [-0.2, -0.15) is 0 Å². The van der Waals surface area contributed by atoms with Crippen LogP contribution >= 0.6 is 0 Å². The Morgan fingerprint density at radius 2 is 2.18 bits per heavy atom. The Labute approximate surface area is 101 Å². The molecule has 1 aromatic carbocycles. The second kappa shape index (κ2) is 4.91. The van der Waals surface area contributed by atoms with E-state index in [0.717, 1.165) is 13.0 Å². The molecule has 0 unspecified atom stereocenters. The van der Waals surface area contributed by atoms with Crippen molar-refractivity contribution < 1.29 is 9.53 Å². The van der Waals surface area contributed by atoms with Crippen LogP contribution in [0.4, 0.5) is 5.69 Å². The largest absolute Gasteiger partial charge is 0.497 e. The maximum Gasteiger partial charge on any atom is 0.254 e. The van der Waals surface area contributed by atoms with Crippen molar-refractivity contribution in [3.05, 3.63) is 35.9 Å². The first-order chi connectivity index (χ1) is 8.20. The van der Waals surface area contributed by atoms with Crippen LogP contribution in [0.25, 0.3) is 0 Å².